The largest absolute Gasteiger partial charge is 0.417 e. The van der Waals surface area contributed by atoms with Gasteiger partial charge >= 0.3 is 6.18 Å². The van der Waals surface area contributed by atoms with E-state index in [4.69, 9.17) is 23.2 Å². The zero-order valence-electron chi connectivity index (χ0n) is 17.8. The van der Waals surface area contributed by atoms with E-state index in [9.17, 15) is 27.2 Å². The molecule has 1 rings (SSSR count). The minimum Gasteiger partial charge on any atom is -0.393 e. The fourth-order valence-corrected chi connectivity index (χ4v) is 2.31. The molecule has 1 aromatic rings. The molecular weight excluding hydrogens is 450 g/mol. The molecule has 0 aliphatic rings. The van der Waals surface area contributed by atoms with Crippen LogP contribution in [0.25, 0.3) is 0 Å². The van der Waals surface area contributed by atoms with Crippen molar-refractivity contribution in [3.05, 3.63) is 53.4 Å². The van der Waals surface area contributed by atoms with Gasteiger partial charge in [0.05, 0.1) is 24.3 Å². The van der Waals surface area contributed by atoms with Crippen LogP contribution in [-0.4, -0.2) is 53.1 Å². The second-order valence-corrected chi connectivity index (χ2v) is 6.79. The lowest BCUT2D eigenvalue weighted by molar-refractivity contribution is -0.137. The summed E-state index contributed by atoms with van der Waals surface area (Å²) in [5.41, 5.74) is 9.85. The maximum Gasteiger partial charge on any atom is 0.417 e. The lowest BCUT2D eigenvalue weighted by atomic mass is 10.2. The molecule has 2 amide bonds. The predicted octanol–water partition coefficient (Wildman–Crippen LogP) is -0.858. The predicted molar refractivity (Wildman–Crippen MR) is 111 cm³/mol. The van der Waals surface area contributed by atoms with Crippen molar-refractivity contribution in [2.45, 2.75) is 25.3 Å². The van der Waals surface area contributed by atoms with E-state index >= 15 is 0 Å². The summed E-state index contributed by atoms with van der Waals surface area (Å²) in [7, 11) is 1.39. The number of nitrogens with two attached hydrogens (primary N) is 4. The first kappa shape index (κ1) is 27.4. The van der Waals surface area contributed by atoms with E-state index in [1.807, 2.05) is 0 Å². The summed E-state index contributed by atoms with van der Waals surface area (Å²) in [5, 5.41) is 6.58. The van der Waals surface area contributed by atoms with Gasteiger partial charge in [0.15, 0.2) is 0 Å². The Hall–Kier alpha value is -3.59. The van der Waals surface area contributed by atoms with Crippen LogP contribution in [0, 0.1) is 0 Å². The number of hydrogen-bond donors (Lipinski definition) is 6. The summed E-state index contributed by atoms with van der Waals surface area (Å²) >= 11 is 0. The van der Waals surface area contributed by atoms with Crippen molar-refractivity contribution in [3.63, 3.8) is 0 Å². The van der Waals surface area contributed by atoms with Crippen LogP contribution in [0.3, 0.4) is 0 Å². The number of pyridine rings is 1. The quantitative estimate of drug-likeness (QED) is 0.102. The van der Waals surface area contributed by atoms with Gasteiger partial charge < -0.3 is 32.1 Å². The topological polar surface area (TPSA) is 182 Å². The Balaban J connectivity index is 2.48. The van der Waals surface area contributed by atoms with Crippen molar-refractivity contribution in [2.75, 3.05) is 20.1 Å². The molecule has 0 spiro atoms. The van der Waals surface area contributed by atoms with Gasteiger partial charge in [-0.25, -0.2) is 16.1 Å². The number of likely N-dealkylation sites (N-methyl/N-ethyl adjacent to an activating group) is 1. The Morgan fingerprint density at radius 2 is 1.73 bits per heavy atom. The average molecular weight is 477 g/mol. The van der Waals surface area contributed by atoms with E-state index in [0.717, 1.165) is 34.6 Å². The maximum absolute atomic E-state index is 14.1. The molecule has 11 nitrogen and oxygen atoms in total. The number of nitrogens with one attached hydrogen (secondary N) is 2. The standard InChI is InChI=1S/C18H27F4N9O2/c1-27-16(32)14(23)9-30(25)5-4-12(19)8-31(26)10-15(24)17(33)29-7-13-3-2-11(6-28-13)18(20,21)22/h2-3,6,9-10,12H,4-5,7-8,23-26H2,1H3,(H,27,32)(H,29,33)/b14-9-,15-10-. The fourth-order valence-electron chi connectivity index (χ4n) is 2.31. The molecule has 1 heterocycles. The summed E-state index contributed by atoms with van der Waals surface area (Å²) in [6.07, 6.45) is -3.24. The van der Waals surface area contributed by atoms with Crippen molar-refractivity contribution in [1.29, 1.82) is 0 Å². The van der Waals surface area contributed by atoms with E-state index in [-0.39, 0.29) is 43.1 Å². The van der Waals surface area contributed by atoms with Crippen LogP contribution in [0.15, 0.2) is 42.1 Å². The summed E-state index contributed by atoms with van der Waals surface area (Å²) in [5.74, 6) is 9.94. The Labute approximate surface area is 187 Å². The molecule has 0 saturated heterocycles. The van der Waals surface area contributed by atoms with Crippen LogP contribution in [0.4, 0.5) is 17.6 Å². The Kier molecular flexibility index (Phi) is 10.4. The highest BCUT2D eigenvalue weighted by molar-refractivity contribution is 5.92. The lowest BCUT2D eigenvalue weighted by Crippen LogP contribution is -2.37. The van der Waals surface area contributed by atoms with Gasteiger partial charge in [0.1, 0.15) is 17.6 Å². The Morgan fingerprint density at radius 3 is 2.27 bits per heavy atom. The highest BCUT2D eigenvalue weighted by Crippen LogP contribution is 2.28. The van der Waals surface area contributed by atoms with Crippen LogP contribution in [0.5, 0.6) is 0 Å². The molecule has 15 heteroatoms. The number of nitrogens with zero attached hydrogens (tertiary/aromatic N) is 3. The summed E-state index contributed by atoms with van der Waals surface area (Å²) < 4.78 is 51.7. The van der Waals surface area contributed by atoms with Gasteiger partial charge in [-0.15, -0.1) is 0 Å². The maximum atomic E-state index is 14.1. The van der Waals surface area contributed by atoms with Gasteiger partial charge in [-0.3, -0.25) is 14.6 Å². The molecule has 0 saturated carbocycles. The second kappa shape index (κ2) is 12.4. The summed E-state index contributed by atoms with van der Waals surface area (Å²) in [6.45, 7) is -0.482. The molecular formula is C18H27F4N9O2. The highest BCUT2D eigenvalue weighted by atomic mass is 19.4. The zero-order chi connectivity index (χ0) is 25.2. The van der Waals surface area contributed by atoms with Crippen molar-refractivity contribution in [1.82, 2.24) is 25.6 Å². The number of carbonyl (C=O) groups excluding carboxylic acids is 2. The molecule has 0 radical (unpaired) electrons. The first-order valence-electron chi connectivity index (χ1n) is 9.47. The molecule has 1 atom stereocenters. The fraction of sp³-hybridized carbons (Fsp3) is 0.389. The average Bonchev–Trinajstić information content (AvgIpc) is 2.74. The third-order valence-electron chi connectivity index (χ3n) is 4.05. The molecule has 0 aliphatic carbocycles. The van der Waals surface area contributed by atoms with Crippen LogP contribution in [0.2, 0.25) is 0 Å². The van der Waals surface area contributed by atoms with Crippen LogP contribution in [0.1, 0.15) is 17.7 Å². The van der Waals surface area contributed by atoms with Crippen LogP contribution < -0.4 is 33.8 Å². The molecule has 184 valence electrons. The molecule has 0 aromatic carbocycles. The van der Waals surface area contributed by atoms with Gasteiger partial charge in [0.25, 0.3) is 11.8 Å². The van der Waals surface area contributed by atoms with Gasteiger partial charge in [-0.2, -0.15) is 13.2 Å². The monoisotopic (exact) mass is 477 g/mol. The van der Waals surface area contributed by atoms with Crippen molar-refractivity contribution < 1.29 is 27.2 Å². The number of amides is 2. The van der Waals surface area contributed by atoms with Gasteiger partial charge in [0, 0.05) is 32.2 Å². The molecule has 0 aliphatic heterocycles. The summed E-state index contributed by atoms with van der Waals surface area (Å²) in [4.78, 5) is 26.9. The first-order valence-corrected chi connectivity index (χ1v) is 9.47. The van der Waals surface area contributed by atoms with Crippen molar-refractivity contribution >= 4 is 11.8 Å². The summed E-state index contributed by atoms with van der Waals surface area (Å²) in [6, 6.07) is 1.95. The molecule has 33 heavy (non-hydrogen) atoms. The van der Waals surface area contributed by atoms with E-state index in [1.54, 1.807) is 0 Å². The van der Waals surface area contributed by atoms with E-state index in [0.29, 0.717) is 6.20 Å². The highest BCUT2D eigenvalue weighted by Gasteiger charge is 2.30. The number of hydrazine groups is 2. The SMILES string of the molecule is CNC(=O)/C(N)=C/N(N)CCC(F)CN(N)/C=C(\N)C(=O)NCc1ccc(C(F)(F)F)cn1. The number of aromatic nitrogens is 1. The first-order chi connectivity index (χ1) is 15.3. The zero-order valence-corrected chi connectivity index (χ0v) is 17.8. The molecule has 10 N–H and O–H groups in total. The number of halogens is 4. The normalized spacial score (nSPS) is 13.3. The van der Waals surface area contributed by atoms with E-state index in [2.05, 4.69) is 15.6 Å². The minimum atomic E-state index is -4.51. The Bertz CT molecular complexity index is 859. The van der Waals surface area contributed by atoms with Gasteiger partial charge in [0.2, 0.25) is 0 Å². The van der Waals surface area contributed by atoms with Crippen LogP contribution in [-0.2, 0) is 22.3 Å². The van der Waals surface area contributed by atoms with Gasteiger partial charge in [-0.05, 0) is 18.6 Å². The lowest BCUT2D eigenvalue weighted by Gasteiger charge is -2.20. The van der Waals surface area contributed by atoms with E-state index < -0.39 is 29.7 Å². The second-order valence-electron chi connectivity index (χ2n) is 6.79. The molecule has 1 aromatic heterocycles. The van der Waals surface area contributed by atoms with Crippen molar-refractivity contribution in [2.24, 2.45) is 23.2 Å². The molecule has 0 bridgehead atoms. The number of hydrogen-bond acceptors (Lipinski definition) is 9. The molecule has 0 fully saturated rings. The number of alkyl halides is 4. The van der Waals surface area contributed by atoms with E-state index in [1.165, 1.54) is 7.05 Å². The third-order valence-corrected chi connectivity index (χ3v) is 4.05. The minimum absolute atomic E-state index is 0.0203. The van der Waals surface area contributed by atoms with Crippen molar-refractivity contribution in [3.8, 4) is 0 Å². The third kappa shape index (κ3) is 10.0. The number of carbonyl (C=O) groups is 2. The molecule has 1 unspecified atom stereocenters. The Morgan fingerprint density at radius 1 is 1.12 bits per heavy atom. The number of rotatable bonds is 11. The van der Waals surface area contributed by atoms with Crippen LogP contribution >= 0.6 is 0 Å². The smallest absolute Gasteiger partial charge is 0.393 e. The van der Waals surface area contributed by atoms with Gasteiger partial charge in [-0.1, -0.05) is 0 Å².